The Balaban J connectivity index is 1.47. The van der Waals surface area contributed by atoms with Crippen molar-refractivity contribution in [3.8, 4) is 0 Å². The van der Waals surface area contributed by atoms with Crippen LogP contribution in [-0.2, 0) is 12.0 Å². The molecule has 2 atom stereocenters. The lowest BCUT2D eigenvalue weighted by molar-refractivity contribution is 0.00421. The molecule has 144 valence electrons. The maximum Gasteiger partial charge on any atom is 0.0834 e. The van der Waals surface area contributed by atoms with Gasteiger partial charge in [0, 0.05) is 23.5 Å². The van der Waals surface area contributed by atoms with Crippen molar-refractivity contribution in [2.24, 2.45) is 0 Å². The number of aliphatic hydroxyl groups is 1. The molecular formula is C24H27N3O. The smallest absolute Gasteiger partial charge is 0.0834 e. The van der Waals surface area contributed by atoms with Crippen LogP contribution < -0.4 is 5.32 Å². The molecular weight excluding hydrogens is 346 g/mol. The van der Waals surface area contributed by atoms with Crippen LogP contribution in [0.15, 0.2) is 60.8 Å². The minimum atomic E-state index is -0.376. The van der Waals surface area contributed by atoms with Crippen molar-refractivity contribution in [3.05, 3.63) is 77.5 Å². The van der Waals surface area contributed by atoms with E-state index in [1.807, 2.05) is 12.3 Å². The van der Waals surface area contributed by atoms with Crippen molar-refractivity contribution >= 4 is 10.9 Å². The zero-order valence-corrected chi connectivity index (χ0v) is 16.3. The van der Waals surface area contributed by atoms with E-state index in [2.05, 4.69) is 70.8 Å². The molecule has 0 unspecified atom stereocenters. The second-order valence-corrected chi connectivity index (χ2v) is 8.33. The number of likely N-dealkylation sites (N-methyl/N-ethyl adjacent to an activating group) is 1. The summed E-state index contributed by atoms with van der Waals surface area (Å²) in [7, 11) is 2.14. The minimum Gasteiger partial charge on any atom is -0.390 e. The predicted molar refractivity (Wildman–Crippen MR) is 112 cm³/mol. The molecule has 3 aromatic rings. The standard InChI is InChI=1S/C24H27N3O/c1-27(16-17-8-9-21-18(15-17)5-4-12-26-21)22-19-6-2-3-7-20(19)24(23(22)28)10-13-25-14-11-24/h2-9,12,15,22-23,25,28H,10-11,13-14,16H2,1H3/t22-,23+/m1/s1. The summed E-state index contributed by atoms with van der Waals surface area (Å²) in [5, 5.41) is 16.1. The number of benzene rings is 2. The maximum atomic E-state index is 11.5. The Morgan fingerprint density at radius 2 is 1.93 bits per heavy atom. The molecule has 1 aromatic heterocycles. The van der Waals surface area contributed by atoms with E-state index in [0.29, 0.717) is 0 Å². The first kappa shape index (κ1) is 17.8. The van der Waals surface area contributed by atoms with Crippen LogP contribution in [0, 0.1) is 0 Å². The summed E-state index contributed by atoms with van der Waals surface area (Å²) in [5.74, 6) is 0. The number of nitrogens with one attached hydrogen (secondary N) is 1. The zero-order chi connectivity index (χ0) is 19.1. The lowest BCUT2D eigenvalue weighted by atomic mass is 9.72. The Morgan fingerprint density at radius 1 is 1.11 bits per heavy atom. The molecule has 1 fully saturated rings. The first-order chi connectivity index (χ1) is 13.7. The molecule has 0 saturated carbocycles. The Morgan fingerprint density at radius 3 is 2.79 bits per heavy atom. The van der Waals surface area contributed by atoms with Crippen molar-refractivity contribution in [2.75, 3.05) is 20.1 Å². The monoisotopic (exact) mass is 373 g/mol. The number of hydrogen-bond donors (Lipinski definition) is 2. The lowest BCUT2D eigenvalue weighted by Gasteiger charge is -2.40. The molecule has 0 amide bonds. The highest BCUT2D eigenvalue weighted by Gasteiger charge is 2.52. The first-order valence-electron chi connectivity index (χ1n) is 10.2. The largest absolute Gasteiger partial charge is 0.390 e. The molecule has 1 spiro atoms. The minimum absolute atomic E-state index is 0.0268. The molecule has 1 saturated heterocycles. The summed E-state index contributed by atoms with van der Waals surface area (Å²) in [6.07, 6.45) is 3.45. The number of piperidine rings is 1. The van der Waals surface area contributed by atoms with E-state index >= 15 is 0 Å². The van der Waals surface area contributed by atoms with Gasteiger partial charge in [-0.2, -0.15) is 0 Å². The van der Waals surface area contributed by atoms with Gasteiger partial charge < -0.3 is 10.4 Å². The van der Waals surface area contributed by atoms with Crippen LogP contribution in [0.25, 0.3) is 10.9 Å². The van der Waals surface area contributed by atoms with Gasteiger partial charge in [0.2, 0.25) is 0 Å². The Bertz CT molecular complexity index is 996. The van der Waals surface area contributed by atoms with E-state index in [9.17, 15) is 5.11 Å². The van der Waals surface area contributed by atoms with Crippen LogP contribution in [0.4, 0.5) is 0 Å². The molecule has 0 radical (unpaired) electrons. The average molecular weight is 374 g/mol. The molecule has 2 heterocycles. The first-order valence-corrected chi connectivity index (χ1v) is 10.2. The van der Waals surface area contributed by atoms with E-state index in [0.717, 1.165) is 43.4 Å². The second-order valence-electron chi connectivity index (χ2n) is 8.33. The van der Waals surface area contributed by atoms with Gasteiger partial charge >= 0.3 is 0 Å². The molecule has 2 aromatic carbocycles. The Labute approximate surface area is 166 Å². The number of fused-ring (bicyclic) bond motifs is 3. The van der Waals surface area contributed by atoms with E-state index in [4.69, 9.17) is 0 Å². The topological polar surface area (TPSA) is 48.4 Å². The van der Waals surface area contributed by atoms with Gasteiger partial charge in [0.25, 0.3) is 0 Å². The van der Waals surface area contributed by atoms with Crippen molar-refractivity contribution in [2.45, 2.75) is 36.9 Å². The van der Waals surface area contributed by atoms with Crippen LogP contribution in [0.5, 0.6) is 0 Å². The zero-order valence-electron chi connectivity index (χ0n) is 16.3. The number of rotatable bonds is 3. The SMILES string of the molecule is CN(Cc1ccc2ncccc2c1)[C@@H]1c2ccccc2C2(CCNCC2)[C@H]1O. The summed E-state index contributed by atoms with van der Waals surface area (Å²) >= 11 is 0. The number of nitrogens with zero attached hydrogens (tertiary/aromatic N) is 2. The fourth-order valence-corrected chi connectivity index (χ4v) is 5.37. The fourth-order valence-electron chi connectivity index (χ4n) is 5.37. The van der Waals surface area contributed by atoms with Crippen molar-refractivity contribution in [1.82, 2.24) is 15.2 Å². The van der Waals surface area contributed by atoms with Gasteiger partial charge in [0.1, 0.15) is 0 Å². The fraction of sp³-hybridized carbons (Fsp3) is 0.375. The molecule has 0 bridgehead atoms. The molecule has 1 aliphatic heterocycles. The van der Waals surface area contributed by atoms with Crippen molar-refractivity contribution < 1.29 is 5.11 Å². The summed E-state index contributed by atoms with van der Waals surface area (Å²) in [6, 6.07) is 19.2. The number of hydrogen-bond acceptors (Lipinski definition) is 4. The van der Waals surface area contributed by atoms with Gasteiger partial charge in [-0.1, -0.05) is 36.4 Å². The number of aromatic nitrogens is 1. The van der Waals surface area contributed by atoms with E-state index in [1.54, 1.807) is 0 Å². The van der Waals surface area contributed by atoms with Crippen molar-refractivity contribution in [3.63, 3.8) is 0 Å². The van der Waals surface area contributed by atoms with E-state index < -0.39 is 0 Å². The van der Waals surface area contributed by atoms with Crippen LogP contribution in [0.2, 0.25) is 0 Å². The highest BCUT2D eigenvalue weighted by molar-refractivity contribution is 5.78. The van der Waals surface area contributed by atoms with Gasteiger partial charge in [-0.3, -0.25) is 9.88 Å². The molecule has 5 rings (SSSR count). The maximum absolute atomic E-state index is 11.5. The quantitative estimate of drug-likeness (QED) is 0.739. The molecule has 2 aliphatic rings. The average Bonchev–Trinajstić information content (AvgIpc) is 2.97. The molecule has 1 aliphatic carbocycles. The van der Waals surface area contributed by atoms with Crippen molar-refractivity contribution in [1.29, 1.82) is 0 Å². The third-order valence-electron chi connectivity index (χ3n) is 6.75. The van der Waals surface area contributed by atoms with Crippen LogP contribution >= 0.6 is 0 Å². The summed E-state index contributed by atoms with van der Waals surface area (Å²) < 4.78 is 0. The molecule has 4 heteroatoms. The van der Waals surface area contributed by atoms with Gasteiger partial charge in [0.05, 0.1) is 17.7 Å². The molecule has 2 N–H and O–H groups in total. The summed E-state index contributed by atoms with van der Waals surface area (Å²) in [6.45, 7) is 2.74. The third-order valence-corrected chi connectivity index (χ3v) is 6.75. The summed E-state index contributed by atoms with van der Waals surface area (Å²) in [4.78, 5) is 6.74. The van der Waals surface area contributed by atoms with Crippen LogP contribution in [0.3, 0.4) is 0 Å². The number of pyridine rings is 1. The highest BCUT2D eigenvalue weighted by atomic mass is 16.3. The summed E-state index contributed by atoms with van der Waals surface area (Å²) in [5.41, 5.74) is 4.80. The van der Waals surface area contributed by atoms with Gasteiger partial charge in [0.15, 0.2) is 0 Å². The van der Waals surface area contributed by atoms with Crippen LogP contribution in [0.1, 0.15) is 35.6 Å². The second kappa shape index (κ2) is 6.96. The molecule has 4 nitrogen and oxygen atoms in total. The third kappa shape index (κ3) is 2.75. The van der Waals surface area contributed by atoms with E-state index in [-0.39, 0.29) is 17.6 Å². The lowest BCUT2D eigenvalue weighted by Crippen LogP contribution is -2.48. The van der Waals surface area contributed by atoms with Gasteiger partial charge in [-0.15, -0.1) is 0 Å². The van der Waals surface area contributed by atoms with E-state index in [1.165, 1.54) is 16.7 Å². The van der Waals surface area contributed by atoms with Gasteiger partial charge in [-0.05, 0) is 67.9 Å². The normalized spacial score (nSPS) is 23.4. The Hall–Kier alpha value is -2.27. The van der Waals surface area contributed by atoms with Crippen LogP contribution in [-0.4, -0.2) is 41.2 Å². The number of aliphatic hydroxyl groups excluding tert-OH is 1. The van der Waals surface area contributed by atoms with Gasteiger partial charge in [-0.25, -0.2) is 0 Å². The highest BCUT2D eigenvalue weighted by Crippen LogP contribution is 2.51. The predicted octanol–water partition coefficient (Wildman–Crippen LogP) is 3.40. The Kier molecular flexibility index (Phi) is 4.43. The molecule has 28 heavy (non-hydrogen) atoms.